The number of rotatable bonds is 7. The Morgan fingerprint density at radius 3 is 2.21 bits per heavy atom. The van der Waals surface area contributed by atoms with Crippen molar-refractivity contribution in [3.63, 3.8) is 0 Å². The summed E-state index contributed by atoms with van der Waals surface area (Å²) >= 11 is 0. The van der Waals surface area contributed by atoms with Crippen molar-refractivity contribution >= 4 is 33.8 Å². The van der Waals surface area contributed by atoms with Crippen LogP contribution in [0.4, 0.5) is 5.69 Å². The van der Waals surface area contributed by atoms with Crippen LogP contribution in [-0.2, 0) is 19.6 Å². The van der Waals surface area contributed by atoms with Crippen LogP contribution in [0.3, 0.4) is 0 Å². The van der Waals surface area contributed by atoms with E-state index in [0.29, 0.717) is 56.6 Å². The van der Waals surface area contributed by atoms with Gasteiger partial charge in [-0.2, -0.15) is 0 Å². The normalized spacial score (nSPS) is 18.2. The highest BCUT2D eigenvalue weighted by molar-refractivity contribution is 7.93. The third-order valence-corrected chi connectivity index (χ3v) is 7.85. The number of benzene rings is 2. The van der Waals surface area contributed by atoms with Crippen molar-refractivity contribution in [1.82, 2.24) is 9.80 Å². The fraction of sp³-hybridized carbons (Fsp3) is 0.375. The SMILES string of the molecule is CC(C=O)S(=O)(=O)Nc1cccc(-c2ccc(C(=O)N3CCN(C(=O)C4(O)CC4)CC3)cc2)c1. The first-order chi connectivity index (χ1) is 16.1. The molecule has 1 saturated carbocycles. The summed E-state index contributed by atoms with van der Waals surface area (Å²) in [4.78, 5) is 39.3. The van der Waals surface area contributed by atoms with Crippen LogP contribution in [0.1, 0.15) is 30.1 Å². The lowest BCUT2D eigenvalue weighted by molar-refractivity contribution is -0.143. The Morgan fingerprint density at radius 1 is 1.00 bits per heavy atom. The molecule has 2 fully saturated rings. The number of hydrogen-bond acceptors (Lipinski definition) is 6. The van der Waals surface area contributed by atoms with E-state index in [4.69, 9.17) is 0 Å². The van der Waals surface area contributed by atoms with Gasteiger partial charge in [-0.05, 0) is 55.2 Å². The standard InChI is InChI=1S/C24H27N3O6S/c1-17(16-28)34(32,33)25-21-4-2-3-20(15-21)18-5-7-19(8-6-18)22(29)26-11-13-27(14-12-26)23(30)24(31)9-10-24/h2-8,15-17,25,31H,9-14H2,1H3. The van der Waals surface area contributed by atoms with Crippen LogP contribution >= 0.6 is 0 Å². The Bertz CT molecular complexity index is 1200. The summed E-state index contributed by atoms with van der Waals surface area (Å²) in [6.45, 7) is 2.92. The van der Waals surface area contributed by atoms with Crippen molar-refractivity contribution in [2.75, 3.05) is 30.9 Å². The van der Waals surface area contributed by atoms with Crippen molar-refractivity contribution in [2.45, 2.75) is 30.6 Å². The Hall–Kier alpha value is -3.24. The zero-order chi connectivity index (χ0) is 24.5. The highest BCUT2D eigenvalue weighted by Gasteiger charge is 2.50. The van der Waals surface area contributed by atoms with E-state index in [1.54, 1.807) is 52.3 Å². The molecule has 0 spiro atoms. The van der Waals surface area contributed by atoms with E-state index in [1.165, 1.54) is 6.92 Å². The molecule has 10 heteroatoms. The van der Waals surface area contributed by atoms with Crippen LogP contribution in [0.5, 0.6) is 0 Å². The van der Waals surface area contributed by atoms with Crippen LogP contribution in [0.15, 0.2) is 48.5 Å². The van der Waals surface area contributed by atoms with Gasteiger partial charge in [-0.15, -0.1) is 0 Å². The number of aldehydes is 1. The van der Waals surface area contributed by atoms with Gasteiger partial charge in [0.25, 0.3) is 11.8 Å². The lowest BCUT2D eigenvalue weighted by atomic mass is 10.0. The maximum atomic E-state index is 12.9. The van der Waals surface area contributed by atoms with Crippen molar-refractivity contribution in [3.05, 3.63) is 54.1 Å². The van der Waals surface area contributed by atoms with Gasteiger partial charge in [0.1, 0.15) is 17.1 Å². The second kappa shape index (κ2) is 9.19. The molecule has 1 saturated heterocycles. The third-order valence-electron chi connectivity index (χ3n) is 6.24. The Kier molecular flexibility index (Phi) is 6.46. The first kappa shape index (κ1) is 23.9. The molecule has 2 N–H and O–H groups in total. The average Bonchev–Trinajstić information content (AvgIpc) is 3.61. The number of piperazine rings is 1. The summed E-state index contributed by atoms with van der Waals surface area (Å²) in [6.07, 6.45) is 1.38. The molecule has 1 heterocycles. The van der Waals surface area contributed by atoms with Gasteiger partial charge in [0.05, 0.1) is 0 Å². The zero-order valence-corrected chi connectivity index (χ0v) is 19.6. The number of anilines is 1. The number of hydrogen-bond donors (Lipinski definition) is 2. The molecule has 4 rings (SSSR count). The lowest BCUT2D eigenvalue weighted by Crippen LogP contribution is -2.53. The monoisotopic (exact) mass is 485 g/mol. The molecule has 2 amide bonds. The maximum absolute atomic E-state index is 12.9. The predicted octanol–water partition coefficient (Wildman–Crippen LogP) is 1.49. The molecule has 2 aromatic carbocycles. The number of amides is 2. The van der Waals surface area contributed by atoms with Gasteiger partial charge in [0.15, 0.2) is 0 Å². The molecule has 0 bridgehead atoms. The molecule has 1 aliphatic heterocycles. The van der Waals surface area contributed by atoms with Crippen molar-refractivity contribution in [3.8, 4) is 11.1 Å². The van der Waals surface area contributed by atoms with Gasteiger partial charge in [0, 0.05) is 37.4 Å². The Morgan fingerprint density at radius 2 is 1.62 bits per heavy atom. The van der Waals surface area contributed by atoms with Crippen molar-refractivity contribution in [1.29, 1.82) is 0 Å². The summed E-state index contributed by atoms with van der Waals surface area (Å²) in [6, 6.07) is 13.8. The van der Waals surface area contributed by atoms with Gasteiger partial charge in [-0.3, -0.25) is 14.3 Å². The zero-order valence-electron chi connectivity index (χ0n) is 18.8. The van der Waals surface area contributed by atoms with E-state index in [0.717, 1.165) is 11.1 Å². The fourth-order valence-electron chi connectivity index (χ4n) is 3.82. The van der Waals surface area contributed by atoms with Crippen LogP contribution in [-0.4, -0.2) is 78.5 Å². The first-order valence-electron chi connectivity index (χ1n) is 11.1. The number of carbonyl (C=O) groups excluding carboxylic acids is 3. The molecule has 1 unspecified atom stereocenters. The second-order valence-corrected chi connectivity index (χ2v) is 10.8. The van der Waals surface area contributed by atoms with E-state index in [2.05, 4.69) is 4.72 Å². The van der Waals surface area contributed by atoms with E-state index in [-0.39, 0.29) is 11.8 Å². The molecule has 2 aromatic rings. The average molecular weight is 486 g/mol. The van der Waals surface area contributed by atoms with Gasteiger partial charge in [0.2, 0.25) is 10.0 Å². The molecule has 2 aliphatic rings. The van der Waals surface area contributed by atoms with E-state index in [9.17, 15) is 27.9 Å². The minimum atomic E-state index is -3.81. The number of aliphatic hydroxyl groups is 1. The molecule has 1 aliphatic carbocycles. The largest absolute Gasteiger partial charge is 0.380 e. The van der Waals surface area contributed by atoms with Crippen LogP contribution in [0, 0.1) is 0 Å². The number of sulfonamides is 1. The lowest BCUT2D eigenvalue weighted by Gasteiger charge is -2.35. The number of carbonyl (C=O) groups is 3. The van der Waals surface area contributed by atoms with Gasteiger partial charge >= 0.3 is 0 Å². The molecule has 1 atom stereocenters. The molecule has 0 radical (unpaired) electrons. The highest BCUT2D eigenvalue weighted by atomic mass is 32.2. The number of nitrogens with one attached hydrogen (secondary N) is 1. The molecule has 180 valence electrons. The fourth-order valence-corrected chi connectivity index (χ4v) is 4.61. The summed E-state index contributed by atoms with van der Waals surface area (Å²) in [5.41, 5.74) is 1.22. The Labute approximate surface area is 198 Å². The highest BCUT2D eigenvalue weighted by Crippen LogP contribution is 2.37. The second-order valence-electron chi connectivity index (χ2n) is 8.76. The minimum absolute atomic E-state index is 0.131. The van der Waals surface area contributed by atoms with Crippen LogP contribution < -0.4 is 4.72 Å². The minimum Gasteiger partial charge on any atom is -0.380 e. The molecular formula is C24H27N3O6S. The third kappa shape index (κ3) is 4.97. The summed E-state index contributed by atoms with van der Waals surface area (Å²) in [5, 5.41) is 8.84. The topological polar surface area (TPSA) is 124 Å². The number of nitrogens with zero attached hydrogens (tertiary/aromatic N) is 2. The van der Waals surface area contributed by atoms with E-state index >= 15 is 0 Å². The molecular weight excluding hydrogens is 458 g/mol. The van der Waals surface area contributed by atoms with Crippen LogP contribution in [0.25, 0.3) is 11.1 Å². The van der Waals surface area contributed by atoms with Gasteiger partial charge in [-0.25, -0.2) is 8.42 Å². The quantitative estimate of drug-likeness (QED) is 0.573. The molecule has 0 aromatic heterocycles. The summed E-state index contributed by atoms with van der Waals surface area (Å²) < 4.78 is 26.7. The van der Waals surface area contributed by atoms with E-state index in [1.807, 2.05) is 6.07 Å². The first-order valence-corrected chi connectivity index (χ1v) is 12.7. The molecule has 9 nitrogen and oxygen atoms in total. The van der Waals surface area contributed by atoms with Crippen molar-refractivity contribution in [2.24, 2.45) is 0 Å². The Balaban J connectivity index is 1.40. The van der Waals surface area contributed by atoms with Gasteiger partial charge < -0.3 is 19.7 Å². The summed E-state index contributed by atoms with van der Waals surface area (Å²) in [7, 11) is -3.81. The maximum Gasteiger partial charge on any atom is 0.254 e. The molecule has 34 heavy (non-hydrogen) atoms. The predicted molar refractivity (Wildman–Crippen MR) is 127 cm³/mol. The van der Waals surface area contributed by atoms with Crippen molar-refractivity contribution < 1.29 is 27.9 Å². The summed E-state index contributed by atoms with van der Waals surface area (Å²) in [5.74, 6) is -0.373. The van der Waals surface area contributed by atoms with Crippen LogP contribution in [0.2, 0.25) is 0 Å². The van der Waals surface area contributed by atoms with Gasteiger partial charge in [-0.1, -0.05) is 24.3 Å². The smallest absolute Gasteiger partial charge is 0.254 e. The van der Waals surface area contributed by atoms with E-state index < -0.39 is 20.9 Å².